The Hall–Kier alpha value is -0.570. The van der Waals surface area contributed by atoms with Crippen LogP contribution in [0.4, 0.5) is 0 Å². The molecule has 1 rings (SSSR count). The van der Waals surface area contributed by atoms with Gasteiger partial charge in [0.25, 0.3) is 0 Å². The highest BCUT2D eigenvalue weighted by molar-refractivity contribution is 6.30. The van der Waals surface area contributed by atoms with Crippen molar-refractivity contribution >= 4 is 11.6 Å². The number of halogens is 1. The molecule has 96 valence electrons. The minimum atomic E-state index is -0.327. The Morgan fingerprint density at radius 3 is 2.53 bits per heavy atom. The Morgan fingerprint density at radius 1 is 1.35 bits per heavy atom. The van der Waals surface area contributed by atoms with E-state index in [1.165, 1.54) is 5.56 Å². The van der Waals surface area contributed by atoms with Crippen LogP contribution < -0.4 is 0 Å². The van der Waals surface area contributed by atoms with Crippen molar-refractivity contribution in [1.82, 2.24) is 4.90 Å². The number of hydrogen-bond donors (Lipinski definition) is 1. The number of aliphatic hydroxyl groups excluding tert-OH is 1. The minimum Gasteiger partial charge on any atom is -0.391 e. The average Bonchev–Trinajstić information content (AvgIpc) is 2.15. The van der Waals surface area contributed by atoms with E-state index in [-0.39, 0.29) is 11.5 Å². The fraction of sp³-hybridized carbons (Fsp3) is 0.571. The van der Waals surface area contributed by atoms with Crippen molar-refractivity contribution in [2.75, 3.05) is 13.6 Å². The second kappa shape index (κ2) is 5.85. The molecule has 2 nitrogen and oxygen atoms in total. The zero-order valence-electron chi connectivity index (χ0n) is 11.1. The van der Waals surface area contributed by atoms with Crippen molar-refractivity contribution in [2.45, 2.75) is 33.4 Å². The molecule has 1 atom stereocenters. The number of benzene rings is 1. The fourth-order valence-corrected chi connectivity index (χ4v) is 1.79. The van der Waals surface area contributed by atoms with Gasteiger partial charge in [0, 0.05) is 18.1 Å². The highest BCUT2D eigenvalue weighted by atomic mass is 35.5. The number of likely N-dealkylation sites (N-methyl/N-ethyl adjacent to an activating group) is 1. The van der Waals surface area contributed by atoms with Gasteiger partial charge in [0.15, 0.2) is 0 Å². The standard InChI is InChI=1S/C14H22ClNO/c1-14(2,3)13(17)10-16(4)9-11-6-5-7-12(15)8-11/h5-8,13,17H,9-10H2,1-4H3. The summed E-state index contributed by atoms with van der Waals surface area (Å²) in [7, 11) is 2.01. The van der Waals surface area contributed by atoms with Crippen LogP contribution in [0.1, 0.15) is 26.3 Å². The molecular formula is C14H22ClNO. The van der Waals surface area contributed by atoms with Crippen LogP contribution in [-0.2, 0) is 6.54 Å². The molecule has 1 aromatic carbocycles. The van der Waals surface area contributed by atoms with Gasteiger partial charge >= 0.3 is 0 Å². The summed E-state index contributed by atoms with van der Waals surface area (Å²) in [5, 5.41) is 10.8. The summed E-state index contributed by atoms with van der Waals surface area (Å²) in [5.41, 5.74) is 1.09. The van der Waals surface area contributed by atoms with Crippen LogP contribution in [0.3, 0.4) is 0 Å². The molecule has 3 heteroatoms. The number of rotatable bonds is 4. The summed E-state index contributed by atoms with van der Waals surface area (Å²) >= 11 is 5.94. The van der Waals surface area contributed by atoms with Crippen molar-refractivity contribution in [2.24, 2.45) is 5.41 Å². The molecule has 0 radical (unpaired) electrons. The predicted molar refractivity (Wildman–Crippen MR) is 73.2 cm³/mol. The molecule has 0 aromatic heterocycles. The monoisotopic (exact) mass is 255 g/mol. The molecule has 0 spiro atoms. The molecule has 0 aliphatic carbocycles. The van der Waals surface area contributed by atoms with Gasteiger partial charge in [-0.25, -0.2) is 0 Å². The van der Waals surface area contributed by atoms with E-state index in [9.17, 15) is 5.11 Å². The SMILES string of the molecule is CN(Cc1cccc(Cl)c1)CC(O)C(C)(C)C. The molecule has 1 unspecified atom stereocenters. The quantitative estimate of drug-likeness (QED) is 0.893. The van der Waals surface area contributed by atoms with Gasteiger partial charge < -0.3 is 5.11 Å². The van der Waals surface area contributed by atoms with Crippen molar-refractivity contribution in [1.29, 1.82) is 0 Å². The zero-order chi connectivity index (χ0) is 13.1. The fourth-order valence-electron chi connectivity index (χ4n) is 1.58. The van der Waals surface area contributed by atoms with E-state index in [1.54, 1.807) is 0 Å². The van der Waals surface area contributed by atoms with Gasteiger partial charge in [-0.1, -0.05) is 44.5 Å². The predicted octanol–water partition coefficient (Wildman–Crippen LogP) is 3.18. The van der Waals surface area contributed by atoms with Crippen molar-refractivity contribution in [3.63, 3.8) is 0 Å². The van der Waals surface area contributed by atoms with Crippen LogP contribution in [-0.4, -0.2) is 29.7 Å². The maximum atomic E-state index is 10.0. The van der Waals surface area contributed by atoms with Crippen LogP contribution in [0.5, 0.6) is 0 Å². The zero-order valence-corrected chi connectivity index (χ0v) is 11.8. The number of nitrogens with zero attached hydrogens (tertiary/aromatic N) is 1. The summed E-state index contributed by atoms with van der Waals surface area (Å²) < 4.78 is 0. The van der Waals surface area contributed by atoms with Crippen molar-refractivity contribution in [3.8, 4) is 0 Å². The second-order valence-corrected chi connectivity index (χ2v) is 6.14. The lowest BCUT2D eigenvalue weighted by Gasteiger charge is -2.29. The Kier molecular flexibility index (Phi) is 4.99. The first-order valence-electron chi connectivity index (χ1n) is 5.90. The Morgan fingerprint density at radius 2 is 2.00 bits per heavy atom. The van der Waals surface area contributed by atoms with Crippen molar-refractivity contribution in [3.05, 3.63) is 34.9 Å². The maximum Gasteiger partial charge on any atom is 0.0715 e. The first kappa shape index (κ1) is 14.5. The molecule has 17 heavy (non-hydrogen) atoms. The van der Waals surface area contributed by atoms with Crippen molar-refractivity contribution < 1.29 is 5.11 Å². The normalized spacial score (nSPS) is 14.1. The lowest BCUT2D eigenvalue weighted by Crippen LogP contribution is -2.37. The average molecular weight is 256 g/mol. The van der Waals surface area contributed by atoms with Crippen LogP contribution >= 0.6 is 11.6 Å². The lowest BCUT2D eigenvalue weighted by molar-refractivity contribution is 0.0333. The topological polar surface area (TPSA) is 23.5 Å². The summed E-state index contributed by atoms with van der Waals surface area (Å²) in [4.78, 5) is 2.11. The Bertz CT molecular complexity index is 359. The van der Waals surface area contributed by atoms with Crippen LogP contribution in [0, 0.1) is 5.41 Å². The molecule has 0 aliphatic heterocycles. The van der Waals surface area contributed by atoms with Gasteiger partial charge in [-0.15, -0.1) is 0 Å². The van der Waals surface area contributed by atoms with Gasteiger partial charge in [-0.2, -0.15) is 0 Å². The van der Waals surface area contributed by atoms with Crippen LogP contribution in [0.15, 0.2) is 24.3 Å². The molecule has 0 aliphatic rings. The van der Waals surface area contributed by atoms with Gasteiger partial charge in [-0.3, -0.25) is 4.90 Å². The maximum absolute atomic E-state index is 10.0. The molecule has 0 saturated carbocycles. The number of aliphatic hydroxyl groups is 1. The van der Waals surface area contributed by atoms with Gasteiger partial charge in [0.1, 0.15) is 0 Å². The van der Waals surface area contributed by atoms with E-state index in [1.807, 2.05) is 52.1 Å². The molecule has 0 fully saturated rings. The van der Waals surface area contributed by atoms with Gasteiger partial charge in [0.05, 0.1) is 6.10 Å². The highest BCUT2D eigenvalue weighted by Crippen LogP contribution is 2.20. The first-order chi connectivity index (χ1) is 7.79. The smallest absolute Gasteiger partial charge is 0.0715 e. The third kappa shape index (κ3) is 5.07. The van der Waals surface area contributed by atoms with E-state index >= 15 is 0 Å². The molecule has 0 saturated heterocycles. The summed E-state index contributed by atoms with van der Waals surface area (Å²) in [6.07, 6.45) is -0.327. The molecular weight excluding hydrogens is 234 g/mol. The molecule has 1 aromatic rings. The van der Waals surface area contributed by atoms with Crippen LogP contribution in [0.2, 0.25) is 5.02 Å². The van der Waals surface area contributed by atoms with Gasteiger partial charge in [-0.05, 0) is 30.2 Å². The highest BCUT2D eigenvalue weighted by Gasteiger charge is 2.23. The molecule has 1 N–H and O–H groups in total. The summed E-state index contributed by atoms with van der Waals surface area (Å²) in [6, 6.07) is 7.83. The molecule has 0 heterocycles. The van der Waals surface area contributed by atoms with Crippen LogP contribution in [0.25, 0.3) is 0 Å². The molecule has 0 bridgehead atoms. The van der Waals surface area contributed by atoms with E-state index in [4.69, 9.17) is 11.6 Å². The Labute approximate surface area is 109 Å². The largest absolute Gasteiger partial charge is 0.391 e. The lowest BCUT2D eigenvalue weighted by atomic mass is 9.89. The first-order valence-corrected chi connectivity index (χ1v) is 6.28. The van der Waals surface area contributed by atoms with E-state index < -0.39 is 0 Å². The Balaban J connectivity index is 2.53. The van der Waals surface area contributed by atoms with E-state index in [0.29, 0.717) is 6.54 Å². The third-order valence-corrected chi connectivity index (χ3v) is 3.06. The minimum absolute atomic E-state index is 0.0808. The summed E-state index contributed by atoms with van der Waals surface area (Å²) in [6.45, 7) is 7.60. The third-order valence-electron chi connectivity index (χ3n) is 2.83. The molecule has 0 amide bonds. The van der Waals surface area contributed by atoms with E-state index in [2.05, 4.69) is 4.90 Å². The van der Waals surface area contributed by atoms with Gasteiger partial charge in [0.2, 0.25) is 0 Å². The number of hydrogen-bond acceptors (Lipinski definition) is 2. The summed E-state index contributed by atoms with van der Waals surface area (Å²) in [5.74, 6) is 0. The van der Waals surface area contributed by atoms with E-state index in [0.717, 1.165) is 11.6 Å². The second-order valence-electron chi connectivity index (χ2n) is 5.71.